The van der Waals surface area contributed by atoms with Gasteiger partial charge in [-0.15, -0.1) is 0 Å². The maximum atomic E-state index is 14.0. The zero-order chi connectivity index (χ0) is 61.4. The van der Waals surface area contributed by atoms with Gasteiger partial charge in [0.1, 0.15) is 61.3 Å². The lowest BCUT2D eigenvalue weighted by molar-refractivity contribution is -0.646. The monoisotopic (exact) mass is 1290 g/mol. The number of nitrogens with two attached hydrogens (primary N) is 2. The molecule has 3 saturated heterocycles. The molecule has 462 valence electrons. The number of aromatic nitrogens is 12. The van der Waals surface area contributed by atoms with Gasteiger partial charge in [0, 0.05) is 13.7 Å². The van der Waals surface area contributed by atoms with Crippen LogP contribution in [-0.4, -0.2) is 181 Å². The summed E-state index contributed by atoms with van der Waals surface area (Å²) in [5, 5.41) is 59.1. The van der Waals surface area contributed by atoms with Crippen molar-refractivity contribution < 1.29 is 114 Å². The summed E-state index contributed by atoms with van der Waals surface area (Å²) in [5.74, 6) is -0.983. The third-order valence-electron chi connectivity index (χ3n) is 13.8. The molecular weight excluding hydrogens is 1230 g/mol. The number of H-pyrrole nitrogens is 1. The minimum atomic E-state index is -6.23. The molecule has 6 aromatic heterocycles. The molecule has 43 heteroatoms. The molecule has 0 radical (unpaired) electrons. The number of nitrogens with one attached hydrogen (secondary N) is 2. The third kappa shape index (κ3) is 12.3. The van der Waals surface area contributed by atoms with Gasteiger partial charge in [0.25, 0.3) is 22.6 Å². The average molecular weight is 1290 g/mol. The van der Waals surface area contributed by atoms with E-state index in [1.807, 2.05) is 42.5 Å². The van der Waals surface area contributed by atoms with Crippen molar-refractivity contribution in [2.45, 2.75) is 80.2 Å². The van der Waals surface area contributed by atoms with E-state index in [0.29, 0.717) is 0 Å². The minimum Gasteiger partial charge on any atom is -0.490 e. The van der Waals surface area contributed by atoms with Crippen molar-refractivity contribution in [2.24, 2.45) is 7.05 Å². The largest absolute Gasteiger partial charge is 0.490 e. The summed E-state index contributed by atoms with van der Waals surface area (Å²) in [5.41, 5.74) is 11.4. The Morgan fingerprint density at radius 3 is 1.94 bits per heavy atom. The number of rotatable bonds is 22. The number of imidazole rings is 3. The van der Waals surface area contributed by atoms with E-state index in [1.165, 1.54) is 35.2 Å². The van der Waals surface area contributed by atoms with E-state index in [2.05, 4.69) is 53.8 Å². The number of benzene rings is 2. The molecule has 2 aromatic carbocycles. The summed E-state index contributed by atoms with van der Waals surface area (Å²) in [4.78, 5) is 86.5. The molecule has 11 rings (SSSR count). The van der Waals surface area contributed by atoms with Gasteiger partial charge in [0.05, 0.1) is 39.5 Å². The number of aromatic amines is 1. The predicted octanol–water partition coefficient (Wildman–Crippen LogP) is -1.12. The fourth-order valence-electron chi connectivity index (χ4n) is 10.00. The van der Waals surface area contributed by atoms with Crippen LogP contribution in [0.1, 0.15) is 24.2 Å². The molecule has 8 unspecified atom stereocenters. The Morgan fingerprint density at radius 1 is 0.674 bits per heavy atom. The fraction of sp³-hybridized carbons (Fsp3) is 0.419. The normalized spacial score (nSPS) is 28.1. The molecular formula is C43H52N15O24P4+. The van der Waals surface area contributed by atoms with Crippen LogP contribution in [-0.2, 0) is 77.5 Å². The first-order valence-corrected chi connectivity index (χ1v) is 31.1. The Bertz CT molecular complexity index is 4130. The Kier molecular flexibility index (Phi) is 16.8. The molecule has 3 aliphatic rings. The number of nitrogens with zero attached hydrogens (tertiary/aromatic N) is 11. The van der Waals surface area contributed by atoms with E-state index >= 15 is 0 Å². The molecule has 3 fully saturated rings. The summed E-state index contributed by atoms with van der Waals surface area (Å²) in [6.07, 6.45) is -15.6. The number of aromatic hydroxyl groups is 1. The van der Waals surface area contributed by atoms with Crippen LogP contribution >= 0.6 is 31.3 Å². The molecule has 3 aliphatic heterocycles. The molecule has 15 N–H and O–H groups in total. The third-order valence-corrected chi connectivity index (χ3v) is 19.1. The second kappa shape index (κ2) is 23.6. The molecule has 0 spiro atoms. The second-order valence-electron chi connectivity index (χ2n) is 19.4. The van der Waals surface area contributed by atoms with Gasteiger partial charge in [0.15, 0.2) is 40.6 Å². The number of nitrogen functional groups attached to an aromatic ring is 2. The van der Waals surface area contributed by atoms with E-state index < -0.39 is 136 Å². The average Bonchev–Trinajstić information content (AvgIpc) is 1.84. The van der Waals surface area contributed by atoms with Crippen LogP contribution in [0.4, 0.5) is 17.7 Å². The van der Waals surface area contributed by atoms with Crippen molar-refractivity contribution in [3.05, 3.63) is 83.7 Å². The lowest BCUT2D eigenvalue weighted by Crippen LogP contribution is -2.38. The quantitative estimate of drug-likeness (QED) is 0.0282. The van der Waals surface area contributed by atoms with E-state index in [9.17, 15) is 68.2 Å². The lowest BCUT2D eigenvalue weighted by atomic mass is 10.0. The zero-order valence-electron chi connectivity index (χ0n) is 44.1. The molecule has 0 bridgehead atoms. The highest BCUT2D eigenvalue weighted by Gasteiger charge is 2.54. The van der Waals surface area contributed by atoms with Crippen LogP contribution in [0, 0.1) is 0 Å². The number of fused-ring (bicyclic) bond motifs is 4. The van der Waals surface area contributed by atoms with Crippen molar-refractivity contribution in [1.82, 2.24) is 53.6 Å². The molecule has 39 nitrogen and oxygen atoms in total. The zero-order valence-corrected chi connectivity index (χ0v) is 47.7. The Balaban J connectivity index is 0.787. The number of aliphatic hydroxyl groups is 4. The number of hydrogen-bond acceptors (Lipinski definition) is 30. The fourth-order valence-corrected chi connectivity index (χ4v) is 14.5. The van der Waals surface area contributed by atoms with E-state index in [4.69, 9.17) is 48.5 Å². The number of anilines is 3. The molecule has 0 aliphatic carbocycles. The highest BCUT2D eigenvalue weighted by Crippen LogP contribution is 2.68. The van der Waals surface area contributed by atoms with Crippen LogP contribution in [0.25, 0.3) is 44.3 Å². The predicted molar refractivity (Wildman–Crippen MR) is 285 cm³/mol. The maximum absolute atomic E-state index is 14.0. The second-order valence-corrected chi connectivity index (χ2v) is 25.4. The van der Waals surface area contributed by atoms with Gasteiger partial charge >= 0.3 is 31.3 Å². The number of methoxy groups -OCH3 is 1. The van der Waals surface area contributed by atoms with Gasteiger partial charge in [-0.3, -0.25) is 37.0 Å². The molecule has 9 heterocycles. The van der Waals surface area contributed by atoms with Crippen LogP contribution in [0.3, 0.4) is 0 Å². The summed E-state index contributed by atoms with van der Waals surface area (Å²) in [6.45, 7) is -3.13. The van der Waals surface area contributed by atoms with Crippen molar-refractivity contribution in [3.8, 4) is 5.88 Å². The number of aliphatic hydroxyl groups excluding tert-OH is 4. The summed E-state index contributed by atoms with van der Waals surface area (Å²) in [6, 6.07) is 13.5. The number of aryl methyl sites for hydroxylation is 1. The maximum Gasteiger partial charge on any atom is 0.490 e. The van der Waals surface area contributed by atoms with Crippen LogP contribution in [0.2, 0.25) is 0 Å². The van der Waals surface area contributed by atoms with Gasteiger partial charge in [-0.05, 0) is 16.3 Å². The molecule has 0 amide bonds. The summed E-state index contributed by atoms with van der Waals surface area (Å²) in [7, 11) is -21.0. The van der Waals surface area contributed by atoms with E-state index in [1.54, 1.807) is 0 Å². The minimum absolute atomic E-state index is 0.0315. The topological polar surface area (TPSA) is 548 Å². The first kappa shape index (κ1) is 61.2. The number of phosphoric acid groups is 4. The molecule has 16 atom stereocenters. The van der Waals surface area contributed by atoms with Gasteiger partial charge in [-0.1, -0.05) is 42.5 Å². The number of ether oxygens (including phenoxy) is 4. The first-order valence-electron chi connectivity index (χ1n) is 25.1. The molecule has 86 heavy (non-hydrogen) atoms. The van der Waals surface area contributed by atoms with Gasteiger partial charge in [-0.25, -0.2) is 42.8 Å². The van der Waals surface area contributed by atoms with Crippen molar-refractivity contribution >= 4 is 93.3 Å². The summed E-state index contributed by atoms with van der Waals surface area (Å²) >= 11 is 0. The van der Waals surface area contributed by atoms with Crippen molar-refractivity contribution in [1.29, 1.82) is 0 Å². The van der Waals surface area contributed by atoms with Crippen LogP contribution in [0.5, 0.6) is 5.88 Å². The number of phosphoric ester groups is 3. The first-order chi connectivity index (χ1) is 40.7. The summed E-state index contributed by atoms with van der Waals surface area (Å²) < 4.78 is 111. The van der Waals surface area contributed by atoms with Crippen LogP contribution in [0.15, 0.2) is 72.6 Å². The molecule has 0 saturated carbocycles. The van der Waals surface area contributed by atoms with Gasteiger partial charge in [-0.2, -0.15) is 28.1 Å². The SMILES string of the molecule is CO[C@H]1C(OP(=O)(O)OC[C@H]2O[C@@H](n3cnc4c(=O)[nH]c(N)nc43)[C@@H](O)C2O)[C@@H](COP(=O)(O)OP(=O)(O)OP(=O)(O)OC[C@H]2O[C@@H](n3c[n+](C)c4c(O)nc(N)nc43)C(O)C2O)O[C@H]1n1cnc2c(NCc3cccc4ccccc34)ncnc21. The Labute approximate surface area is 479 Å². The van der Waals surface area contributed by atoms with Crippen molar-refractivity contribution in [3.63, 3.8) is 0 Å². The van der Waals surface area contributed by atoms with Gasteiger partial charge in [0.2, 0.25) is 24.5 Å². The highest BCUT2D eigenvalue weighted by molar-refractivity contribution is 7.66. The standard InChI is InChI=1S/C43H51N15O24P4/c1-55-17-58(36-26(55)38(64)54-43(45)52-36)40-30(62)28(60)22(78-40)12-75-84(67,68)81-86(71,72)82-85(69,70)76-13-23-31(80-83(65,66)74-11-21-27(59)29(61)39(77-21)57-16-50-25-35(57)51-42(44)53-37(25)63)32(73-2)41(79-23)56-15-49-24-33(47-14-48-34(24)56)46-10-19-8-5-7-18-6-3-4-9-20(18)19/h3-9,14-17,21-23,27-32,39-41,59-62H,10-13H2,1-2H3,(H10-,44,45,46,47,48,51,52,53,54,63,64,65,66,67,68,69,70,71,72)/p+1/t21-,22-,23-,27?,28?,29+,30?,31?,32+,39-,40-,41-/m1/s1. The Hall–Kier alpha value is -6.45. The van der Waals surface area contributed by atoms with E-state index in [-0.39, 0.29) is 57.8 Å². The smallest absolute Gasteiger partial charge is 0.490 e. The van der Waals surface area contributed by atoms with Crippen molar-refractivity contribution in [2.75, 3.05) is 43.7 Å². The Morgan fingerprint density at radius 2 is 1.27 bits per heavy atom. The van der Waals surface area contributed by atoms with E-state index in [0.717, 1.165) is 38.9 Å². The lowest BCUT2D eigenvalue weighted by Gasteiger charge is -2.26. The number of hydrogen-bond donors (Lipinski definition) is 13. The molecule has 8 aromatic rings. The van der Waals surface area contributed by atoms with Gasteiger partial charge < -0.3 is 80.8 Å². The van der Waals surface area contributed by atoms with Crippen LogP contribution < -0.4 is 26.9 Å². The highest BCUT2D eigenvalue weighted by atomic mass is 31.3.